The highest BCUT2D eigenvalue weighted by molar-refractivity contribution is 6.15. The SMILES string of the molecule is C=CC1=C(N=C)c2cccc3cccc1c23.CC.O. The predicted molar refractivity (Wildman–Crippen MR) is 85.5 cm³/mol. The van der Waals surface area contributed by atoms with Gasteiger partial charge in [0.25, 0.3) is 0 Å². The summed E-state index contributed by atoms with van der Waals surface area (Å²) in [5.41, 5.74) is 4.41. The summed E-state index contributed by atoms with van der Waals surface area (Å²) >= 11 is 0. The van der Waals surface area contributed by atoms with Gasteiger partial charge in [-0.25, -0.2) is 0 Å². The zero-order chi connectivity index (χ0) is 13.1. The van der Waals surface area contributed by atoms with Crippen LogP contribution in [-0.4, -0.2) is 12.2 Å². The van der Waals surface area contributed by atoms with Gasteiger partial charge in [-0.2, -0.15) is 0 Å². The van der Waals surface area contributed by atoms with Crippen molar-refractivity contribution in [1.82, 2.24) is 0 Å². The van der Waals surface area contributed by atoms with E-state index < -0.39 is 0 Å². The van der Waals surface area contributed by atoms with Crippen molar-refractivity contribution in [2.45, 2.75) is 13.8 Å². The Balaban J connectivity index is 0.000000576. The van der Waals surface area contributed by atoms with Crippen molar-refractivity contribution in [1.29, 1.82) is 0 Å². The fourth-order valence-corrected chi connectivity index (χ4v) is 2.41. The molecule has 98 valence electrons. The van der Waals surface area contributed by atoms with Crippen LogP contribution in [0.15, 0.2) is 54.0 Å². The van der Waals surface area contributed by atoms with Crippen LogP contribution in [-0.2, 0) is 0 Å². The lowest BCUT2D eigenvalue weighted by Crippen LogP contribution is -1.79. The van der Waals surface area contributed by atoms with Crippen LogP contribution in [0.2, 0.25) is 0 Å². The van der Waals surface area contributed by atoms with E-state index >= 15 is 0 Å². The fourth-order valence-electron chi connectivity index (χ4n) is 2.41. The summed E-state index contributed by atoms with van der Waals surface area (Å²) in [4.78, 5) is 4.14. The van der Waals surface area contributed by atoms with Gasteiger partial charge in [-0.05, 0) is 23.1 Å². The van der Waals surface area contributed by atoms with Crippen LogP contribution in [0.3, 0.4) is 0 Å². The first-order valence-electron chi connectivity index (χ1n) is 6.22. The van der Waals surface area contributed by atoms with Crippen LogP contribution in [0.5, 0.6) is 0 Å². The Hall–Kier alpha value is -2.19. The van der Waals surface area contributed by atoms with E-state index in [1.807, 2.05) is 19.9 Å². The number of aliphatic imine (C=N–C) groups is 1. The van der Waals surface area contributed by atoms with Crippen LogP contribution in [0.4, 0.5) is 0 Å². The Morgan fingerprint density at radius 2 is 1.58 bits per heavy atom. The van der Waals surface area contributed by atoms with Crippen LogP contribution in [0.1, 0.15) is 25.0 Å². The fraction of sp³-hybridized carbons (Fsp3) is 0.118. The van der Waals surface area contributed by atoms with Gasteiger partial charge in [0.05, 0.1) is 5.70 Å². The second kappa shape index (κ2) is 6.12. The Morgan fingerprint density at radius 1 is 1.00 bits per heavy atom. The molecular formula is C17H19NO. The van der Waals surface area contributed by atoms with E-state index in [0.717, 1.165) is 16.8 Å². The topological polar surface area (TPSA) is 43.9 Å². The molecule has 0 aliphatic heterocycles. The van der Waals surface area contributed by atoms with Crippen molar-refractivity contribution < 1.29 is 5.48 Å². The highest BCUT2D eigenvalue weighted by Crippen LogP contribution is 2.42. The van der Waals surface area contributed by atoms with Crippen molar-refractivity contribution >= 4 is 28.8 Å². The molecule has 0 bridgehead atoms. The van der Waals surface area contributed by atoms with E-state index in [1.54, 1.807) is 0 Å². The van der Waals surface area contributed by atoms with E-state index in [-0.39, 0.29) is 5.48 Å². The average molecular weight is 253 g/mol. The molecule has 0 aromatic heterocycles. The number of hydrogen-bond acceptors (Lipinski definition) is 1. The molecule has 2 aromatic rings. The van der Waals surface area contributed by atoms with Crippen molar-refractivity contribution in [2.24, 2.45) is 4.99 Å². The standard InChI is InChI=1S/C15H11N.C2H6.H2O/c1-3-11-12-8-4-6-10-7-5-9-13(14(10)12)15(11)16-2;1-2;/h3-9H,1-2H2;1-2H3;1H2. The summed E-state index contributed by atoms with van der Waals surface area (Å²) < 4.78 is 0. The first kappa shape index (κ1) is 14.9. The van der Waals surface area contributed by atoms with Crippen molar-refractivity contribution in [2.75, 3.05) is 0 Å². The molecule has 2 nitrogen and oxygen atoms in total. The molecule has 0 unspecified atom stereocenters. The van der Waals surface area contributed by atoms with E-state index in [1.165, 1.54) is 16.3 Å². The molecule has 19 heavy (non-hydrogen) atoms. The van der Waals surface area contributed by atoms with Gasteiger partial charge in [0.15, 0.2) is 0 Å². The Labute approximate surface area is 114 Å². The number of benzene rings is 2. The Bertz CT molecular complexity index is 601. The van der Waals surface area contributed by atoms with Gasteiger partial charge in [0, 0.05) is 11.1 Å². The second-order valence-electron chi connectivity index (χ2n) is 3.83. The molecule has 1 aliphatic rings. The monoisotopic (exact) mass is 253 g/mol. The van der Waals surface area contributed by atoms with E-state index in [9.17, 15) is 0 Å². The largest absolute Gasteiger partial charge is 0.412 e. The third-order valence-electron chi connectivity index (χ3n) is 3.07. The minimum atomic E-state index is 0. The summed E-state index contributed by atoms with van der Waals surface area (Å²) in [6.45, 7) is 11.5. The van der Waals surface area contributed by atoms with E-state index in [0.29, 0.717) is 0 Å². The number of nitrogens with zero attached hydrogens (tertiary/aromatic N) is 1. The molecule has 2 heteroatoms. The summed E-state index contributed by atoms with van der Waals surface area (Å²) in [6, 6.07) is 12.6. The number of hydrogen-bond donors (Lipinski definition) is 0. The average Bonchev–Trinajstić information content (AvgIpc) is 2.77. The van der Waals surface area contributed by atoms with Gasteiger partial charge >= 0.3 is 0 Å². The molecular weight excluding hydrogens is 234 g/mol. The molecule has 2 aromatic carbocycles. The van der Waals surface area contributed by atoms with Crippen molar-refractivity contribution in [3.05, 3.63) is 60.2 Å². The van der Waals surface area contributed by atoms with Crippen molar-refractivity contribution in [3.8, 4) is 0 Å². The Kier molecular flexibility index (Phi) is 4.79. The minimum absolute atomic E-state index is 0. The second-order valence-corrected chi connectivity index (χ2v) is 3.83. The smallest absolute Gasteiger partial charge is 0.0779 e. The molecule has 0 amide bonds. The summed E-state index contributed by atoms with van der Waals surface area (Å²) in [5, 5.41) is 2.51. The lowest BCUT2D eigenvalue weighted by molar-refractivity contribution is 0.824. The van der Waals surface area contributed by atoms with Crippen LogP contribution >= 0.6 is 0 Å². The molecule has 1 aliphatic carbocycles. The molecule has 0 radical (unpaired) electrons. The third kappa shape index (κ3) is 2.11. The van der Waals surface area contributed by atoms with Gasteiger partial charge in [-0.15, -0.1) is 0 Å². The maximum Gasteiger partial charge on any atom is 0.0779 e. The van der Waals surface area contributed by atoms with Crippen LogP contribution in [0, 0.1) is 0 Å². The molecule has 3 rings (SSSR count). The molecule has 2 N–H and O–H groups in total. The van der Waals surface area contributed by atoms with Gasteiger partial charge < -0.3 is 5.48 Å². The molecule has 0 heterocycles. The first-order chi connectivity index (χ1) is 8.86. The van der Waals surface area contributed by atoms with Gasteiger partial charge in [-0.3, -0.25) is 4.99 Å². The van der Waals surface area contributed by atoms with Gasteiger partial charge in [0.2, 0.25) is 0 Å². The number of allylic oxidation sites excluding steroid dienone is 2. The molecule has 0 saturated carbocycles. The van der Waals surface area contributed by atoms with Crippen molar-refractivity contribution in [3.63, 3.8) is 0 Å². The quantitative estimate of drug-likeness (QED) is 0.723. The summed E-state index contributed by atoms with van der Waals surface area (Å²) in [5.74, 6) is 0. The molecule has 0 fully saturated rings. The zero-order valence-corrected chi connectivity index (χ0v) is 11.4. The molecule has 0 spiro atoms. The normalized spacial score (nSPS) is 11.5. The first-order valence-corrected chi connectivity index (χ1v) is 6.22. The summed E-state index contributed by atoms with van der Waals surface area (Å²) in [6.07, 6.45) is 1.86. The molecule has 0 atom stereocenters. The maximum atomic E-state index is 4.14. The highest BCUT2D eigenvalue weighted by Gasteiger charge is 2.20. The lowest BCUT2D eigenvalue weighted by Gasteiger charge is -2.01. The molecule has 0 saturated heterocycles. The summed E-state index contributed by atoms with van der Waals surface area (Å²) in [7, 11) is 0. The lowest BCUT2D eigenvalue weighted by atomic mass is 10.0. The Morgan fingerprint density at radius 3 is 2.11 bits per heavy atom. The minimum Gasteiger partial charge on any atom is -0.412 e. The highest BCUT2D eigenvalue weighted by atomic mass is 16.0. The van der Waals surface area contributed by atoms with Gasteiger partial charge in [-0.1, -0.05) is 62.9 Å². The van der Waals surface area contributed by atoms with E-state index in [2.05, 4.69) is 54.7 Å². The van der Waals surface area contributed by atoms with Crippen LogP contribution in [0.25, 0.3) is 22.0 Å². The van der Waals surface area contributed by atoms with E-state index in [4.69, 9.17) is 0 Å². The van der Waals surface area contributed by atoms with Crippen LogP contribution < -0.4 is 0 Å². The third-order valence-corrected chi connectivity index (χ3v) is 3.07. The van der Waals surface area contributed by atoms with Gasteiger partial charge in [0.1, 0.15) is 0 Å². The number of rotatable bonds is 2. The maximum absolute atomic E-state index is 4.14. The zero-order valence-electron chi connectivity index (χ0n) is 11.4. The predicted octanol–water partition coefficient (Wildman–Crippen LogP) is 4.11.